The Labute approximate surface area is 121 Å². The summed E-state index contributed by atoms with van der Waals surface area (Å²) >= 11 is 0. The highest BCUT2D eigenvalue weighted by Gasteiger charge is 2.31. The van der Waals surface area contributed by atoms with E-state index in [1.807, 2.05) is 12.3 Å². The van der Waals surface area contributed by atoms with Gasteiger partial charge in [-0.2, -0.15) is 0 Å². The maximum atomic E-state index is 6.75. The molecule has 2 N–H and O–H groups in total. The molecule has 2 nitrogen and oxygen atoms in total. The van der Waals surface area contributed by atoms with Crippen molar-refractivity contribution in [2.24, 2.45) is 11.7 Å². The number of hydrogen-bond donors (Lipinski definition) is 1. The monoisotopic (exact) mass is 268 g/mol. The Morgan fingerprint density at radius 1 is 1.25 bits per heavy atom. The molecule has 3 rings (SSSR count). The second-order valence-electron chi connectivity index (χ2n) is 6.28. The van der Waals surface area contributed by atoms with E-state index in [1.54, 1.807) is 0 Å². The second kappa shape index (κ2) is 5.53. The second-order valence-corrected chi connectivity index (χ2v) is 6.28. The zero-order valence-electron chi connectivity index (χ0n) is 12.3. The quantitative estimate of drug-likeness (QED) is 0.821. The SMILES string of the molecule is CCC1CCCC(N)(c2cnc3ccccc3c2)CC1. The predicted octanol–water partition coefficient (Wildman–Crippen LogP) is 4.38. The van der Waals surface area contributed by atoms with Crippen molar-refractivity contribution in [1.29, 1.82) is 0 Å². The van der Waals surface area contributed by atoms with Crippen molar-refractivity contribution in [3.63, 3.8) is 0 Å². The lowest BCUT2D eigenvalue weighted by molar-refractivity contribution is 0.371. The topological polar surface area (TPSA) is 38.9 Å². The number of nitrogens with zero attached hydrogens (tertiary/aromatic N) is 1. The van der Waals surface area contributed by atoms with Gasteiger partial charge in [0.1, 0.15) is 0 Å². The van der Waals surface area contributed by atoms with E-state index in [-0.39, 0.29) is 5.54 Å². The Morgan fingerprint density at radius 2 is 2.10 bits per heavy atom. The minimum absolute atomic E-state index is 0.180. The van der Waals surface area contributed by atoms with Crippen LogP contribution < -0.4 is 5.73 Å². The summed E-state index contributed by atoms with van der Waals surface area (Å²) in [5.74, 6) is 0.855. The van der Waals surface area contributed by atoms with Crippen molar-refractivity contribution in [2.45, 2.75) is 51.0 Å². The van der Waals surface area contributed by atoms with Crippen LogP contribution in [0, 0.1) is 5.92 Å². The molecule has 1 aromatic heterocycles. The normalized spacial score (nSPS) is 27.4. The average Bonchev–Trinajstić information content (AvgIpc) is 2.69. The van der Waals surface area contributed by atoms with Crippen LogP contribution in [0.3, 0.4) is 0 Å². The summed E-state index contributed by atoms with van der Waals surface area (Å²) in [7, 11) is 0. The number of para-hydroxylation sites is 1. The predicted molar refractivity (Wildman–Crippen MR) is 84.5 cm³/mol. The molecule has 2 aromatic rings. The van der Waals surface area contributed by atoms with Gasteiger partial charge in [-0.15, -0.1) is 0 Å². The lowest BCUT2D eigenvalue weighted by atomic mass is 9.84. The van der Waals surface area contributed by atoms with Crippen LogP contribution >= 0.6 is 0 Å². The van der Waals surface area contributed by atoms with Gasteiger partial charge in [0, 0.05) is 17.1 Å². The van der Waals surface area contributed by atoms with Gasteiger partial charge in [0.15, 0.2) is 0 Å². The van der Waals surface area contributed by atoms with E-state index < -0.39 is 0 Å². The van der Waals surface area contributed by atoms with Crippen LogP contribution in [0.5, 0.6) is 0 Å². The van der Waals surface area contributed by atoms with Gasteiger partial charge in [-0.05, 0) is 42.9 Å². The third kappa shape index (κ3) is 2.57. The smallest absolute Gasteiger partial charge is 0.0702 e. The fraction of sp³-hybridized carbons (Fsp3) is 0.500. The van der Waals surface area contributed by atoms with Gasteiger partial charge in [0.25, 0.3) is 0 Å². The number of fused-ring (bicyclic) bond motifs is 1. The molecule has 2 atom stereocenters. The molecule has 0 saturated heterocycles. The number of aromatic nitrogens is 1. The largest absolute Gasteiger partial charge is 0.321 e. The molecule has 2 unspecified atom stereocenters. The number of hydrogen-bond acceptors (Lipinski definition) is 2. The summed E-state index contributed by atoms with van der Waals surface area (Å²) in [6.07, 6.45) is 9.27. The fourth-order valence-electron chi connectivity index (χ4n) is 3.48. The van der Waals surface area contributed by atoms with Gasteiger partial charge in [0.05, 0.1) is 5.52 Å². The van der Waals surface area contributed by atoms with E-state index in [1.165, 1.54) is 36.6 Å². The minimum Gasteiger partial charge on any atom is -0.321 e. The van der Waals surface area contributed by atoms with Crippen molar-refractivity contribution in [1.82, 2.24) is 4.98 Å². The zero-order chi connectivity index (χ0) is 14.0. The number of benzene rings is 1. The number of nitrogens with two attached hydrogens (primary N) is 1. The summed E-state index contributed by atoms with van der Waals surface area (Å²) in [6.45, 7) is 2.30. The van der Waals surface area contributed by atoms with Gasteiger partial charge in [-0.1, -0.05) is 44.4 Å². The first-order valence-corrected chi connectivity index (χ1v) is 7.85. The lowest BCUT2D eigenvalue weighted by Crippen LogP contribution is -2.36. The summed E-state index contributed by atoms with van der Waals surface area (Å²) in [6, 6.07) is 10.5. The van der Waals surface area contributed by atoms with Gasteiger partial charge in [-0.25, -0.2) is 0 Å². The van der Waals surface area contributed by atoms with E-state index >= 15 is 0 Å². The fourth-order valence-corrected chi connectivity index (χ4v) is 3.48. The molecule has 1 aliphatic rings. The molecule has 0 spiro atoms. The van der Waals surface area contributed by atoms with Crippen molar-refractivity contribution in [3.8, 4) is 0 Å². The Kier molecular flexibility index (Phi) is 3.75. The average molecular weight is 268 g/mol. The Balaban J connectivity index is 1.92. The van der Waals surface area contributed by atoms with Crippen LogP contribution in [0.1, 0.15) is 51.0 Å². The summed E-state index contributed by atoms with van der Waals surface area (Å²) in [4.78, 5) is 4.59. The third-order valence-electron chi connectivity index (χ3n) is 4.98. The van der Waals surface area contributed by atoms with Crippen LogP contribution in [0.15, 0.2) is 36.5 Å². The standard InChI is InChI=1S/C18H24N2/c1-2-14-6-5-10-18(19,11-9-14)16-12-15-7-3-4-8-17(15)20-13-16/h3-4,7-8,12-14H,2,5-6,9-11,19H2,1H3. The van der Waals surface area contributed by atoms with Crippen LogP contribution in [-0.4, -0.2) is 4.98 Å². The molecule has 0 radical (unpaired) electrons. The molecule has 1 saturated carbocycles. The van der Waals surface area contributed by atoms with Crippen molar-refractivity contribution >= 4 is 10.9 Å². The molecule has 2 heteroatoms. The molecule has 1 heterocycles. The van der Waals surface area contributed by atoms with Crippen molar-refractivity contribution in [3.05, 3.63) is 42.1 Å². The van der Waals surface area contributed by atoms with Crippen molar-refractivity contribution < 1.29 is 0 Å². The van der Waals surface area contributed by atoms with Crippen LogP contribution in [0.2, 0.25) is 0 Å². The molecule has 1 aliphatic carbocycles. The van der Waals surface area contributed by atoms with Crippen LogP contribution in [0.25, 0.3) is 10.9 Å². The molecule has 1 aromatic carbocycles. The maximum Gasteiger partial charge on any atom is 0.0702 e. The number of rotatable bonds is 2. The third-order valence-corrected chi connectivity index (χ3v) is 4.98. The van der Waals surface area contributed by atoms with E-state index in [2.05, 4.69) is 36.2 Å². The molecule has 0 aliphatic heterocycles. The van der Waals surface area contributed by atoms with E-state index in [4.69, 9.17) is 5.73 Å². The molecular formula is C18H24N2. The van der Waals surface area contributed by atoms with Gasteiger partial charge in [0.2, 0.25) is 0 Å². The van der Waals surface area contributed by atoms with Gasteiger partial charge in [-0.3, -0.25) is 4.98 Å². The van der Waals surface area contributed by atoms with Crippen molar-refractivity contribution in [2.75, 3.05) is 0 Å². The van der Waals surface area contributed by atoms with E-state index in [0.717, 1.165) is 24.3 Å². The highest BCUT2D eigenvalue weighted by Crippen LogP contribution is 2.37. The first-order valence-electron chi connectivity index (χ1n) is 7.85. The molecule has 106 valence electrons. The summed E-state index contributed by atoms with van der Waals surface area (Å²) in [5, 5.41) is 1.20. The molecular weight excluding hydrogens is 244 g/mol. The zero-order valence-corrected chi connectivity index (χ0v) is 12.3. The van der Waals surface area contributed by atoms with Gasteiger partial charge < -0.3 is 5.73 Å². The first-order chi connectivity index (χ1) is 9.71. The van der Waals surface area contributed by atoms with E-state index in [9.17, 15) is 0 Å². The molecule has 20 heavy (non-hydrogen) atoms. The van der Waals surface area contributed by atoms with Crippen LogP contribution in [0.4, 0.5) is 0 Å². The summed E-state index contributed by atoms with van der Waals surface area (Å²) in [5.41, 5.74) is 8.84. The minimum atomic E-state index is -0.180. The Morgan fingerprint density at radius 3 is 2.95 bits per heavy atom. The number of pyridine rings is 1. The molecule has 1 fully saturated rings. The highest BCUT2D eigenvalue weighted by molar-refractivity contribution is 5.78. The Hall–Kier alpha value is -1.41. The first kappa shape index (κ1) is 13.6. The molecule has 0 bridgehead atoms. The molecule has 0 amide bonds. The Bertz CT molecular complexity index is 593. The maximum absolute atomic E-state index is 6.75. The van der Waals surface area contributed by atoms with Crippen LogP contribution in [-0.2, 0) is 5.54 Å². The van der Waals surface area contributed by atoms with Gasteiger partial charge >= 0.3 is 0 Å². The highest BCUT2D eigenvalue weighted by atomic mass is 14.8. The lowest BCUT2D eigenvalue weighted by Gasteiger charge is -2.28. The van der Waals surface area contributed by atoms with E-state index in [0.29, 0.717) is 0 Å². The summed E-state index contributed by atoms with van der Waals surface area (Å²) < 4.78 is 0.